The molecule has 31 heavy (non-hydrogen) atoms. The molecule has 0 radical (unpaired) electrons. The average Bonchev–Trinajstić information content (AvgIpc) is 2.77. The van der Waals surface area contributed by atoms with Gasteiger partial charge in [0, 0.05) is 35.0 Å². The molecule has 2 aromatic carbocycles. The number of alkyl halides is 3. The summed E-state index contributed by atoms with van der Waals surface area (Å²) in [6.45, 7) is 0.140. The first-order chi connectivity index (χ1) is 14.7. The van der Waals surface area contributed by atoms with E-state index in [0.29, 0.717) is 11.8 Å². The highest BCUT2D eigenvalue weighted by atomic mass is 19.4. The SMILES string of the molecule is COc1ccccc1CNC(=O)c1ccc(F)c(-c2cnc(C(F)(F)F)cc2C#N)c1. The van der Waals surface area contributed by atoms with Crippen molar-refractivity contribution in [2.75, 3.05) is 7.11 Å². The van der Waals surface area contributed by atoms with Crippen molar-refractivity contribution in [1.82, 2.24) is 10.3 Å². The quantitative estimate of drug-likeness (QED) is 0.596. The number of nitriles is 1. The number of hydrogen-bond acceptors (Lipinski definition) is 4. The zero-order chi connectivity index (χ0) is 22.6. The second kappa shape index (κ2) is 8.83. The molecule has 0 fully saturated rings. The molecular formula is C22H15F4N3O2. The molecule has 0 atom stereocenters. The molecule has 158 valence electrons. The summed E-state index contributed by atoms with van der Waals surface area (Å²) in [5.41, 5.74) is -1.24. The molecule has 0 saturated carbocycles. The number of amides is 1. The Bertz CT molecular complexity index is 1170. The summed E-state index contributed by atoms with van der Waals surface area (Å²) < 4.78 is 58.2. The highest BCUT2D eigenvalue weighted by Gasteiger charge is 2.33. The first-order valence-electron chi connectivity index (χ1n) is 8.92. The van der Waals surface area contributed by atoms with Gasteiger partial charge in [-0.3, -0.25) is 9.78 Å². The van der Waals surface area contributed by atoms with Crippen LogP contribution in [-0.4, -0.2) is 18.0 Å². The first kappa shape index (κ1) is 21.8. The maximum absolute atomic E-state index is 14.4. The van der Waals surface area contributed by atoms with Crippen LogP contribution in [0.25, 0.3) is 11.1 Å². The average molecular weight is 429 g/mol. The van der Waals surface area contributed by atoms with Crippen LogP contribution in [0.3, 0.4) is 0 Å². The van der Waals surface area contributed by atoms with Gasteiger partial charge in [0.05, 0.1) is 18.7 Å². The molecule has 0 bridgehead atoms. The topological polar surface area (TPSA) is 75.0 Å². The molecular weight excluding hydrogens is 414 g/mol. The van der Waals surface area contributed by atoms with E-state index >= 15 is 0 Å². The van der Waals surface area contributed by atoms with Gasteiger partial charge >= 0.3 is 6.18 Å². The van der Waals surface area contributed by atoms with Gasteiger partial charge in [0.2, 0.25) is 0 Å². The van der Waals surface area contributed by atoms with Crippen molar-refractivity contribution in [3.63, 3.8) is 0 Å². The first-order valence-corrected chi connectivity index (χ1v) is 8.92. The number of nitrogens with zero attached hydrogens (tertiary/aromatic N) is 2. The van der Waals surface area contributed by atoms with Crippen LogP contribution in [0.1, 0.15) is 27.2 Å². The van der Waals surface area contributed by atoms with Crippen LogP contribution < -0.4 is 10.1 Å². The number of carbonyl (C=O) groups is 1. The maximum Gasteiger partial charge on any atom is 0.433 e. The van der Waals surface area contributed by atoms with Crippen LogP contribution in [0.2, 0.25) is 0 Å². The Morgan fingerprint density at radius 1 is 1.16 bits per heavy atom. The molecule has 5 nitrogen and oxygen atoms in total. The third-order valence-electron chi connectivity index (χ3n) is 4.47. The Hall–Kier alpha value is -3.93. The van der Waals surface area contributed by atoms with E-state index in [2.05, 4.69) is 10.3 Å². The molecule has 0 aliphatic carbocycles. The molecule has 1 heterocycles. The lowest BCUT2D eigenvalue weighted by atomic mass is 9.99. The highest BCUT2D eigenvalue weighted by molar-refractivity contribution is 5.95. The summed E-state index contributed by atoms with van der Waals surface area (Å²) in [6.07, 6.45) is -3.97. The number of rotatable bonds is 5. The number of benzene rings is 2. The van der Waals surface area contributed by atoms with Gasteiger partial charge in [-0.1, -0.05) is 18.2 Å². The van der Waals surface area contributed by atoms with E-state index in [4.69, 9.17) is 4.74 Å². The molecule has 3 rings (SSSR count). The molecule has 0 unspecified atom stereocenters. The van der Waals surface area contributed by atoms with Crippen molar-refractivity contribution in [2.45, 2.75) is 12.7 Å². The van der Waals surface area contributed by atoms with Gasteiger partial charge in [-0.2, -0.15) is 18.4 Å². The number of halogens is 4. The Balaban J connectivity index is 1.90. The largest absolute Gasteiger partial charge is 0.496 e. The molecule has 0 aliphatic heterocycles. The van der Waals surface area contributed by atoms with Crippen molar-refractivity contribution in [1.29, 1.82) is 5.26 Å². The summed E-state index contributed by atoms with van der Waals surface area (Å²) in [5.74, 6) is -0.762. The molecule has 1 aromatic heterocycles. The molecule has 1 amide bonds. The van der Waals surface area contributed by atoms with E-state index in [1.54, 1.807) is 30.3 Å². The summed E-state index contributed by atoms with van der Waals surface area (Å²) in [7, 11) is 1.50. The van der Waals surface area contributed by atoms with Gasteiger partial charge in [0.1, 0.15) is 17.3 Å². The summed E-state index contributed by atoms with van der Waals surface area (Å²) in [5, 5.41) is 11.9. The second-order valence-corrected chi connectivity index (χ2v) is 6.41. The monoisotopic (exact) mass is 429 g/mol. The molecule has 0 aliphatic rings. The summed E-state index contributed by atoms with van der Waals surface area (Å²) >= 11 is 0. The fraction of sp³-hybridized carbons (Fsp3) is 0.136. The molecule has 0 spiro atoms. The smallest absolute Gasteiger partial charge is 0.433 e. The van der Waals surface area contributed by atoms with E-state index in [0.717, 1.165) is 23.9 Å². The maximum atomic E-state index is 14.4. The highest BCUT2D eigenvalue weighted by Crippen LogP contribution is 2.32. The second-order valence-electron chi connectivity index (χ2n) is 6.41. The van der Waals surface area contributed by atoms with Crippen molar-refractivity contribution < 1.29 is 27.1 Å². The minimum Gasteiger partial charge on any atom is -0.496 e. The Labute approximate surface area is 174 Å². The van der Waals surface area contributed by atoms with Crippen molar-refractivity contribution in [3.05, 3.63) is 82.9 Å². The van der Waals surface area contributed by atoms with E-state index in [-0.39, 0.29) is 23.2 Å². The van der Waals surface area contributed by atoms with Gasteiger partial charge in [0.25, 0.3) is 5.91 Å². The third-order valence-corrected chi connectivity index (χ3v) is 4.47. The van der Waals surface area contributed by atoms with Gasteiger partial charge in [0.15, 0.2) is 0 Å². The Kier molecular flexibility index (Phi) is 6.20. The lowest BCUT2D eigenvalue weighted by molar-refractivity contribution is -0.141. The van der Waals surface area contributed by atoms with E-state index in [9.17, 15) is 27.6 Å². The third kappa shape index (κ3) is 4.80. The van der Waals surface area contributed by atoms with Gasteiger partial charge < -0.3 is 10.1 Å². The van der Waals surface area contributed by atoms with Gasteiger partial charge in [-0.05, 0) is 30.3 Å². The fourth-order valence-corrected chi connectivity index (χ4v) is 2.92. The van der Waals surface area contributed by atoms with Crippen LogP contribution in [0.4, 0.5) is 17.6 Å². The van der Waals surface area contributed by atoms with Crippen LogP contribution in [0.15, 0.2) is 54.7 Å². The number of nitrogens with one attached hydrogen (secondary N) is 1. The number of para-hydroxylation sites is 1. The number of aromatic nitrogens is 1. The van der Waals surface area contributed by atoms with Crippen LogP contribution >= 0.6 is 0 Å². The number of ether oxygens (including phenoxy) is 1. The van der Waals surface area contributed by atoms with Crippen molar-refractivity contribution >= 4 is 5.91 Å². The predicted molar refractivity (Wildman–Crippen MR) is 104 cm³/mol. The number of pyridine rings is 1. The zero-order valence-electron chi connectivity index (χ0n) is 16.1. The zero-order valence-corrected chi connectivity index (χ0v) is 16.1. The number of methoxy groups -OCH3 is 1. The van der Waals surface area contributed by atoms with E-state index in [1.165, 1.54) is 13.2 Å². The Morgan fingerprint density at radius 3 is 2.58 bits per heavy atom. The minimum absolute atomic E-state index is 0.0649. The van der Waals surface area contributed by atoms with Crippen molar-refractivity contribution in [2.24, 2.45) is 0 Å². The summed E-state index contributed by atoms with van der Waals surface area (Å²) in [4.78, 5) is 15.8. The normalized spacial score (nSPS) is 11.0. The van der Waals surface area contributed by atoms with Gasteiger partial charge in [-0.15, -0.1) is 0 Å². The lowest BCUT2D eigenvalue weighted by Crippen LogP contribution is -2.23. The van der Waals surface area contributed by atoms with Crippen LogP contribution in [0, 0.1) is 17.1 Å². The van der Waals surface area contributed by atoms with Crippen LogP contribution in [0.5, 0.6) is 5.75 Å². The predicted octanol–water partition coefficient (Wildman–Crippen LogP) is 4.72. The fourth-order valence-electron chi connectivity index (χ4n) is 2.92. The minimum atomic E-state index is -4.75. The van der Waals surface area contributed by atoms with Gasteiger partial charge in [-0.25, -0.2) is 4.39 Å². The summed E-state index contributed by atoms with van der Waals surface area (Å²) in [6, 6.07) is 12.6. The molecule has 3 aromatic rings. The lowest BCUT2D eigenvalue weighted by Gasteiger charge is -2.12. The van der Waals surface area contributed by atoms with E-state index < -0.39 is 29.2 Å². The van der Waals surface area contributed by atoms with E-state index in [1.807, 2.05) is 0 Å². The molecule has 9 heteroatoms. The van der Waals surface area contributed by atoms with Crippen LogP contribution in [-0.2, 0) is 12.7 Å². The Morgan fingerprint density at radius 2 is 1.90 bits per heavy atom. The number of hydrogen-bond donors (Lipinski definition) is 1. The van der Waals surface area contributed by atoms with Crippen molar-refractivity contribution in [3.8, 4) is 22.9 Å². The molecule has 0 saturated heterocycles. The molecule has 1 N–H and O–H groups in total. The number of carbonyl (C=O) groups excluding carboxylic acids is 1. The standard InChI is InChI=1S/C22H15F4N3O2/c1-31-19-5-3-2-4-14(19)11-29-21(30)13-6-7-18(23)16(8-13)17-12-28-20(22(24,25)26)9-15(17)10-27/h2-9,12H,11H2,1H3,(H,29,30).